The van der Waals surface area contributed by atoms with Gasteiger partial charge in [0.15, 0.2) is 6.61 Å². The molecule has 2 N–H and O–H groups in total. The Balaban J connectivity index is 1.66. The summed E-state index contributed by atoms with van der Waals surface area (Å²) in [5, 5.41) is 9.33. The molecule has 0 aromatic heterocycles. The van der Waals surface area contributed by atoms with Gasteiger partial charge in [-0.15, -0.1) is 0 Å². The standard InChI is InChI=1S/C23H19N3O3/c1-16-7-6-9-18(13-16)29-15-22(27)25-26-23(28)21-12-5-4-11-20(21)19-10-3-2-8-17(19)14-24/h2-13H,15H2,1H3,(H,25,27)(H,26,28). The van der Waals surface area contributed by atoms with Gasteiger partial charge in [0.25, 0.3) is 11.8 Å². The summed E-state index contributed by atoms with van der Waals surface area (Å²) in [4.78, 5) is 24.6. The van der Waals surface area contributed by atoms with E-state index in [1.165, 1.54) is 0 Å². The molecule has 0 spiro atoms. The molecule has 0 aliphatic heterocycles. The molecular formula is C23H19N3O3. The number of carbonyl (C=O) groups is 2. The third-order valence-corrected chi connectivity index (χ3v) is 4.18. The van der Waals surface area contributed by atoms with Crippen molar-refractivity contribution in [1.29, 1.82) is 5.26 Å². The number of nitrogens with zero attached hydrogens (tertiary/aromatic N) is 1. The molecule has 0 saturated heterocycles. The van der Waals surface area contributed by atoms with E-state index in [4.69, 9.17) is 4.74 Å². The van der Waals surface area contributed by atoms with E-state index in [2.05, 4.69) is 16.9 Å². The van der Waals surface area contributed by atoms with E-state index in [9.17, 15) is 14.9 Å². The zero-order valence-electron chi connectivity index (χ0n) is 15.8. The van der Waals surface area contributed by atoms with Gasteiger partial charge in [-0.3, -0.25) is 20.4 Å². The van der Waals surface area contributed by atoms with Crippen molar-refractivity contribution in [2.45, 2.75) is 6.92 Å². The molecule has 0 unspecified atom stereocenters. The maximum atomic E-state index is 12.6. The summed E-state index contributed by atoms with van der Waals surface area (Å²) in [6, 6.07) is 23.4. The van der Waals surface area contributed by atoms with Crippen LogP contribution in [0, 0.1) is 18.3 Å². The number of carbonyl (C=O) groups excluding carboxylic acids is 2. The highest BCUT2D eigenvalue weighted by molar-refractivity contribution is 6.02. The van der Waals surface area contributed by atoms with Crippen LogP contribution in [0.2, 0.25) is 0 Å². The van der Waals surface area contributed by atoms with E-state index >= 15 is 0 Å². The smallest absolute Gasteiger partial charge is 0.276 e. The average molecular weight is 385 g/mol. The fraction of sp³-hybridized carbons (Fsp3) is 0.0870. The quantitative estimate of drug-likeness (QED) is 0.659. The van der Waals surface area contributed by atoms with Crippen LogP contribution in [0.5, 0.6) is 5.75 Å². The lowest BCUT2D eigenvalue weighted by molar-refractivity contribution is -0.123. The Kier molecular flexibility index (Phi) is 6.23. The SMILES string of the molecule is Cc1cccc(OCC(=O)NNC(=O)c2ccccc2-c2ccccc2C#N)c1. The van der Waals surface area contributed by atoms with Gasteiger partial charge in [-0.2, -0.15) is 5.26 Å². The molecule has 6 heteroatoms. The van der Waals surface area contributed by atoms with Crippen molar-refractivity contribution < 1.29 is 14.3 Å². The summed E-state index contributed by atoms with van der Waals surface area (Å²) in [7, 11) is 0. The van der Waals surface area contributed by atoms with Gasteiger partial charge in [-0.25, -0.2) is 0 Å². The predicted octanol–water partition coefficient (Wildman–Crippen LogP) is 3.37. The number of ether oxygens (including phenoxy) is 1. The number of rotatable bonds is 5. The van der Waals surface area contributed by atoms with Crippen LogP contribution in [-0.4, -0.2) is 18.4 Å². The van der Waals surface area contributed by atoms with Crippen molar-refractivity contribution in [2.24, 2.45) is 0 Å². The van der Waals surface area contributed by atoms with Crippen LogP contribution >= 0.6 is 0 Å². The van der Waals surface area contributed by atoms with Crippen LogP contribution in [0.15, 0.2) is 72.8 Å². The van der Waals surface area contributed by atoms with Gasteiger partial charge in [0, 0.05) is 11.1 Å². The van der Waals surface area contributed by atoms with Gasteiger partial charge < -0.3 is 4.74 Å². The summed E-state index contributed by atoms with van der Waals surface area (Å²) in [5.74, 6) is -0.406. The summed E-state index contributed by atoms with van der Waals surface area (Å²) >= 11 is 0. The molecule has 0 aliphatic rings. The molecule has 6 nitrogen and oxygen atoms in total. The third kappa shape index (κ3) is 4.99. The molecule has 2 amide bonds. The fourth-order valence-corrected chi connectivity index (χ4v) is 2.82. The lowest BCUT2D eigenvalue weighted by Crippen LogP contribution is -2.44. The van der Waals surface area contributed by atoms with E-state index in [0.29, 0.717) is 28.0 Å². The highest BCUT2D eigenvalue weighted by atomic mass is 16.5. The molecule has 3 rings (SSSR count). The Morgan fingerprint density at radius 2 is 1.66 bits per heavy atom. The van der Waals surface area contributed by atoms with Crippen LogP contribution in [0.4, 0.5) is 0 Å². The largest absolute Gasteiger partial charge is 0.484 e. The predicted molar refractivity (Wildman–Crippen MR) is 109 cm³/mol. The van der Waals surface area contributed by atoms with E-state index < -0.39 is 11.8 Å². The molecule has 0 fully saturated rings. The molecule has 3 aromatic rings. The minimum absolute atomic E-state index is 0.233. The number of hydrazine groups is 1. The van der Waals surface area contributed by atoms with Crippen molar-refractivity contribution in [3.05, 3.63) is 89.5 Å². The Morgan fingerprint density at radius 1 is 0.931 bits per heavy atom. The molecule has 0 radical (unpaired) electrons. The second-order valence-corrected chi connectivity index (χ2v) is 6.31. The summed E-state index contributed by atoms with van der Waals surface area (Å²) < 4.78 is 5.41. The summed E-state index contributed by atoms with van der Waals surface area (Å²) in [6.07, 6.45) is 0. The first-order chi connectivity index (χ1) is 14.1. The molecule has 3 aromatic carbocycles. The molecule has 0 bridgehead atoms. The lowest BCUT2D eigenvalue weighted by atomic mass is 9.95. The van der Waals surface area contributed by atoms with E-state index in [-0.39, 0.29) is 6.61 Å². The van der Waals surface area contributed by atoms with E-state index in [0.717, 1.165) is 5.56 Å². The highest BCUT2D eigenvalue weighted by Gasteiger charge is 2.15. The van der Waals surface area contributed by atoms with Crippen molar-refractivity contribution in [3.63, 3.8) is 0 Å². The van der Waals surface area contributed by atoms with Gasteiger partial charge in [0.1, 0.15) is 5.75 Å². The van der Waals surface area contributed by atoms with E-state index in [1.54, 1.807) is 54.6 Å². The van der Waals surface area contributed by atoms with Gasteiger partial charge in [-0.05, 0) is 42.3 Å². The summed E-state index contributed by atoms with van der Waals surface area (Å²) in [6.45, 7) is 1.69. The van der Waals surface area contributed by atoms with Crippen LogP contribution in [0.3, 0.4) is 0 Å². The topological polar surface area (TPSA) is 91.2 Å². The van der Waals surface area contributed by atoms with Gasteiger partial charge in [0.05, 0.1) is 11.6 Å². The highest BCUT2D eigenvalue weighted by Crippen LogP contribution is 2.26. The Bertz CT molecular complexity index is 1090. The number of amides is 2. The Labute approximate surface area is 168 Å². The molecule has 0 saturated carbocycles. The van der Waals surface area contributed by atoms with Crippen LogP contribution in [0.1, 0.15) is 21.5 Å². The molecule has 0 aliphatic carbocycles. The van der Waals surface area contributed by atoms with Crippen LogP contribution < -0.4 is 15.6 Å². The zero-order valence-corrected chi connectivity index (χ0v) is 15.8. The number of hydrogen-bond donors (Lipinski definition) is 2. The molecule has 0 atom stereocenters. The zero-order chi connectivity index (χ0) is 20.6. The lowest BCUT2D eigenvalue weighted by Gasteiger charge is -2.12. The second kappa shape index (κ2) is 9.20. The number of hydrogen-bond acceptors (Lipinski definition) is 4. The third-order valence-electron chi connectivity index (χ3n) is 4.18. The van der Waals surface area contributed by atoms with Gasteiger partial charge in [0.2, 0.25) is 0 Å². The number of nitrogens with one attached hydrogen (secondary N) is 2. The second-order valence-electron chi connectivity index (χ2n) is 6.31. The molecular weight excluding hydrogens is 366 g/mol. The van der Waals surface area contributed by atoms with Crippen molar-refractivity contribution in [3.8, 4) is 22.9 Å². The Morgan fingerprint density at radius 3 is 2.41 bits per heavy atom. The number of nitriles is 1. The monoisotopic (exact) mass is 385 g/mol. The van der Waals surface area contributed by atoms with Crippen molar-refractivity contribution in [2.75, 3.05) is 6.61 Å². The number of benzene rings is 3. The maximum Gasteiger partial charge on any atom is 0.276 e. The number of aryl methyl sites for hydroxylation is 1. The molecule has 144 valence electrons. The minimum Gasteiger partial charge on any atom is -0.484 e. The maximum absolute atomic E-state index is 12.6. The first-order valence-corrected chi connectivity index (χ1v) is 8.95. The minimum atomic E-state index is -0.491. The van der Waals surface area contributed by atoms with Crippen LogP contribution in [-0.2, 0) is 4.79 Å². The fourth-order valence-electron chi connectivity index (χ4n) is 2.82. The normalized spacial score (nSPS) is 9.93. The molecule has 0 heterocycles. The Hall–Kier alpha value is -4.11. The van der Waals surface area contributed by atoms with Gasteiger partial charge in [-0.1, -0.05) is 48.5 Å². The van der Waals surface area contributed by atoms with E-state index in [1.807, 2.05) is 25.1 Å². The van der Waals surface area contributed by atoms with Crippen molar-refractivity contribution in [1.82, 2.24) is 10.9 Å². The summed E-state index contributed by atoms with van der Waals surface area (Å²) in [5.41, 5.74) is 7.81. The first-order valence-electron chi connectivity index (χ1n) is 8.95. The van der Waals surface area contributed by atoms with Crippen LogP contribution in [0.25, 0.3) is 11.1 Å². The first kappa shape index (κ1) is 19.6. The average Bonchev–Trinajstić information content (AvgIpc) is 2.76. The van der Waals surface area contributed by atoms with Crippen molar-refractivity contribution >= 4 is 11.8 Å². The molecule has 29 heavy (non-hydrogen) atoms. The van der Waals surface area contributed by atoms with Gasteiger partial charge >= 0.3 is 0 Å².